The molecule has 0 radical (unpaired) electrons. The second-order valence-corrected chi connectivity index (χ2v) is 5.35. The molecule has 21 heavy (non-hydrogen) atoms. The molecule has 3 aromatic rings. The second-order valence-electron chi connectivity index (χ2n) is 5.35. The third kappa shape index (κ3) is 2.42. The maximum absolute atomic E-state index is 10.7. The maximum atomic E-state index is 10.7. The van der Waals surface area contributed by atoms with Crippen LogP contribution in [0.3, 0.4) is 0 Å². The van der Waals surface area contributed by atoms with E-state index in [0.717, 1.165) is 22.5 Å². The predicted molar refractivity (Wildman–Crippen MR) is 84.8 cm³/mol. The summed E-state index contributed by atoms with van der Waals surface area (Å²) in [4.78, 5) is 0. The topological polar surface area (TPSA) is 38.0 Å². The van der Waals surface area contributed by atoms with Gasteiger partial charge in [-0.3, -0.25) is 0 Å². The molecular formula is C18H18N2O. The number of para-hydroxylation sites is 1. The Morgan fingerprint density at radius 3 is 2.05 bits per heavy atom. The molecule has 0 atom stereocenters. The van der Waals surface area contributed by atoms with Crippen molar-refractivity contribution in [3.8, 4) is 22.7 Å². The first kappa shape index (κ1) is 13.4. The van der Waals surface area contributed by atoms with Gasteiger partial charge in [0.1, 0.15) is 0 Å². The van der Waals surface area contributed by atoms with E-state index in [1.807, 2.05) is 60.7 Å². The molecule has 0 amide bonds. The van der Waals surface area contributed by atoms with Crippen LogP contribution in [0.25, 0.3) is 16.8 Å². The standard InChI is InChI=1S/C18H18N2O/c1-13(2)17-16(14-9-5-3-6-10-14)18(21)20(19-17)15-11-7-4-8-12-15/h3-13,21H,1-2H3. The lowest BCUT2D eigenvalue weighted by molar-refractivity contribution is 0.435. The van der Waals surface area contributed by atoms with Crippen molar-refractivity contribution in [1.82, 2.24) is 9.78 Å². The largest absolute Gasteiger partial charge is 0.493 e. The molecule has 0 spiro atoms. The van der Waals surface area contributed by atoms with Crippen LogP contribution in [0.1, 0.15) is 25.5 Å². The lowest BCUT2D eigenvalue weighted by Crippen LogP contribution is -1.97. The van der Waals surface area contributed by atoms with E-state index in [2.05, 4.69) is 18.9 Å². The summed E-state index contributed by atoms with van der Waals surface area (Å²) < 4.78 is 1.61. The van der Waals surface area contributed by atoms with Crippen molar-refractivity contribution >= 4 is 0 Å². The Labute approximate surface area is 124 Å². The van der Waals surface area contributed by atoms with Crippen LogP contribution >= 0.6 is 0 Å². The molecule has 0 aliphatic carbocycles. The van der Waals surface area contributed by atoms with Crippen LogP contribution in [-0.2, 0) is 0 Å². The molecular weight excluding hydrogens is 260 g/mol. The monoisotopic (exact) mass is 278 g/mol. The summed E-state index contributed by atoms with van der Waals surface area (Å²) in [6, 6.07) is 19.6. The molecule has 0 fully saturated rings. The lowest BCUT2D eigenvalue weighted by Gasteiger charge is -2.05. The van der Waals surface area contributed by atoms with Gasteiger partial charge in [0.15, 0.2) is 0 Å². The fraction of sp³-hybridized carbons (Fsp3) is 0.167. The normalized spacial score (nSPS) is 11.0. The van der Waals surface area contributed by atoms with E-state index in [4.69, 9.17) is 0 Å². The molecule has 1 heterocycles. The Morgan fingerprint density at radius 1 is 0.905 bits per heavy atom. The molecule has 0 saturated heterocycles. The van der Waals surface area contributed by atoms with Crippen LogP contribution < -0.4 is 0 Å². The summed E-state index contributed by atoms with van der Waals surface area (Å²) in [5.74, 6) is 0.423. The number of aromatic nitrogens is 2. The lowest BCUT2D eigenvalue weighted by atomic mass is 10.00. The van der Waals surface area contributed by atoms with Gasteiger partial charge in [-0.15, -0.1) is 0 Å². The molecule has 3 rings (SSSR count). The predicted octanol–water partition coefficient (Wildman–Crippen LogP) is 4.37. The molecule has 1 aromatic heterocycles. The highest BCUT2D eigenvalue weighted by Gasteiger charge is 2.21. The highest BCUT2D eigenvalue weighted by molar-refractivity contribution is 5.72. The summed E-state index contributed by atoms with van der Waals surface area (Å²) in [6.45, 7) is 4.17. The van der Waals surface area contributed by atoms with E-state index < -0.39 is 0 Å². The van der Waals surface area contributed by atoms with Gasteiger partial charge in [-0.05, 0) is 23.6 Å². The maximum Gasteiger partial charge on any atom is 0.222 e. The first-order chi connectivity index (χ1) is 10.2. The van der Waals surface area contributed by atoms with Crippen LogP contribution in [0.15, 0.2) is 60.7 Å². The number of rotatable bonds is 3. The van der Waals surface area contributed by atoms with E-state index in [0.29, 0.717) is 0 Å². The van der Waals surface area contributed by atoms with Gasteiger partial charge >= 0.3 is 0 Å². The third-order valence-corrected chi connectivity index (χ3v) is 3.50. The zero-order valence-electron chi connectivity index (χ0n) is 12.2. The van der Waals surface area contributed by atoms with Gasteiger partial charge in [-0.2, -0.15) is 5.10 Å². The Kier molecular flexibility index (Phi) is 3.48. The summed E-state index contributed by atoms with van der Waals surface area (Å²) in [6.07, 6.45) is 0. The summed E-state index contributed by atoms with van der Waals surface area (Å²) in [5.41, 5.74) is 3.57. The van der Waals surface area contributed by atoms with Crippen molar-refractivity contribution in [2.24, 2.45) is 0 Å². The fourth-order valence-electron chi connectivity index (χ4n) is 2.46. The van der Waals surface area contributed by atoms with E-state index in [-0.39, 0.29) is 11.8 Å². The number of aromatic hydroxyl groups is 1. The number of nitrogens with zero attached hydrogens (tertiary/aromatic N) is 2. The first-order valence-electron chi connectivity index (χ1n) is 7.11. The Hall–Kier alpha value is -2.55. The second kappa shape index (κ2) is 5.44. The van der Waals surface area contributed by atoms with Gasteiger partial charge in [-0.1, -0.05) is 62.4 Å². The van der Waals surface area contributed by atoms with E-state index in [9.17, 15) is 5.11 Å². The molecule has 0 saturated carbocycles. The van der Waals surface area contributed by atoms with E-state index in [1.165, 1.54) is 0 Å². The Morgan fingerprint density at radius 2 is 1.48 bits per heavy atom. The summed E-state index contributed by atoms with van der Waals surface area (Å²) >= 11 is 0. The zero-order valence-corrected chi connectivity index (χ0v) is 12.2. The zero-order chi connectivity index (χ0) is 14.8. The highest BCUT2D eigenvalue weighted by atomic mass is 16.3. The number of hydrogen-bond acceptors (Lipinski definition) is 2. The molecule has 0 bridgehead atoms. The van der Waals surface area contributed by atoms with Crippen LogP contribution in [-0.4, -0.2) is 14.9 Å². The molecule has 106 valence electrons. The van der Waals surface area contributed by atoms with Crippen molar-refractivity contribution in [3.05, 3.63) is 66.4 Å². The quantitative estimate of drug-likeness (QED) is 0.772. The average molecular weight is 278 g/mol. The van der Waals surface area contributed by atoms with Crippen molar-refractivity contribution in [2.75, 3.05) is 0 Å². The molecule has 0 aliphatic rings. The number of benzene rings is 2. The molecule has 3 nitrogen and oxygen atoms in total. The fourth-order valence-corrected chi connectivity index (χ4v) is 2.46. The van der Waals surface area contributed by atoms with E-state index in [1.54, 1.807) is 4.68 Å². The van der Waals surface area contributed by atoms with Crippen LogP contribution in [0.5, 0.6) is 5.88 Å². The van der Waals surface area contributed by atoms with Crippen LogP contribution in [0, 0.1) is 0 Å². The highest BCUT2D eigenvalue weighted by Crippen LogP contribution is 2.37. The minimum absolute atomic E-state index is 0.191. The van der Waals surface area contributed by atoms with Crippen LogP contribution in [0.2, 0.25) is 0 Å². The SMILES string of the molecule is CC(C)c1nn(-c2ccccc2)c(O)c1-c1ccccc1. The minimum Gasteiger partial charge on any atom is -0.493 e. The van der Waals surface area contributed by atoms with Crippen molar-refractivity contribution in [1.29, 1.82) is 0 Å². The molecule has 0 unspecified atom stereocenters. The molecule has 3 heteroatoms. The summed E-state index contributed by atoms with van der Waals surface area (Å²) in [7, 11) is 0. The smallest absolute Gasteiger partial charge is 0.222 e. The van der Waals surface area contributed by atoms with Crippen molar-refractivity contribution in [2.45, 2.75) is 19.8 Å². The van der Waals surface area contributed by atoms with E-state index >= 15 is 0 Å². The van der Waals surface area contributed by atoms with Gasteiger partial charge in [0.25, 0.3) is 0 Å². The van der Waals surface area contributed by atoms with Crippen molar-refractivity contribution < 1.29 is 5.11 Å². The van der Waals surface area contributed by atoms with Crippen molar-refractivity contribution in [3.63, 3.8) is 0 Å². The van der Waals surface area contributed by atoms with Crippen LogP contribution in [0.4, 0.5) is 0 Å². The van der Waals surface area contributed by atoms with Gasteiger partial charge in [0, 0.05) is 0 Å². The third-order valence-electron chi connectivity index (χ3n) is 3.50. The first-order valence-corrected chi connectivity index (χ1v) is 7.11. The van der Waals surface area contributed by atoms with Gasteiger partial charge in [-0.25, -0.2) is 4.68 Å². The van der Waals surface area contributed by atoms with Gasteiger partial charge in [0.2, 0.25) is 5.88 Å². The van der Waals surface area contributed by atoms with Gasteiger partial charge < -0.3 is 5.11 Å². The Bertz CT molecular complexity index is 731. The molecule has 1 N–H and O–H groups in total. The molecule has 0 aliphatic heterocycles. The van der Waals surface area contributed by atoms with Gasteiger partial charge in [0.05, 0.1) is 16.9 Å². The minimum atomic E-state index is 0.191. The molecule has 2 aromatic carbocycles. The number of hydrogen-bond donors (Lipinski definition) is 1. The average Bonchev–Trinajstić information content (AvgIpc) is 2.87. The Balaban J connectivity index is 2.22. The summed E-state index contributed by atoms with van der Waals surface area (Å²) in [5, 5.41) is 15.3.